The lowest BCUT2D eigenvalue weighted by Crippen LogP contribution is -2.59. The predicted octanol–water partition coefficient (Wildman–Crippen LogP) is 2.68. The number of amides is 3. The van der Waals surface area contributed by atoms with Crippen LogP contribution in [0.1, 0.15) is 78.3 Å². The lowest BCUT2D eigenvalue weighted by Gasteiger charge is -2.36. The molecule has 2 bridgehead atoms. The Morgan fingerprint density at radius 3 is 2.51 bits per heavy atom. The molecule has 302 valence electrons. The van der Waals surface area contributed by atoms with Crippen LogP contribution in [0, 0.1) is 17.8 Å². The van der Waals surface area contributed by atoms with Crippen molar-refractivity contribution in [3.63, 3.8) is 0 Å². The number of nitrogens with zero attached hydrogens (tertiary/aromatic N) is 1. The Kier molecular flexibility index (Phi) is 18.0. The average molecular weight is 766 g/mol. The minimum Gasteiger partial charge on any atom is -0.508 e. The molecule has 2 aliphatic heterocycles. The highest BCUT2D eigenvalue weighted by atomic mass is 16.5. The van der Waals surface area contributed by atoms with E-state index < -0.39 is 77.9 Å². The molecule has 7 N–H and O–H groups in total. The van der Waals surface area contributed by atoms with Gasteiger partial charge in [-0.3, -0.25) is 24.2 Å². The summed E-state index contributed by atoms with van der Waals surface area (Å²) in [6, 6.07) is 2.45. The van der Waals surface area contributed by atoms with Gasteiger partial charge in [0.2, 0.25) is 11.8 Å². The molecule has 2 aliphatic rings. The molecule has 1 aromatic rings. The van der Waals surface area contributed by atoms with Crippen LogP contribution in [-0.4, -0.2) is 99.8 Å². The van der Waals surface area contributed by atoms with E-state index in [0.717, 1.165) is 5.57 Å². The zero-order valence-corrected chi connectivity index (χ0v) is 32.6. The molecule has 0 aliphatic carbocycles. The number of ether oxygens (including phenoxy) is 1. The van der Waals surface area contributed by atoms with Crippen molar-refractivity contribution in [1.82, 2.24) is 26.4 Å². The fourth-order valence-electron chi connectivity index (χ4n) is 6.41. The Labute approximate surface area is 324 Å². The molecule has 1 aromatic carbocycles. The van der Waals surface area contributed by atoms with Crippen molar-refractivity contribution in [3.05, 3.63) is 78.4 Å². The van der Waals surface area contributed by atoms with Gasteiger partial charge in [-0.05, 0) is 62.3 Å². The highest BCUT2D eigenvalue weighted by Crippen LogP contribution is 2.26. The first-order chi connectivity index (χ1) is 26.1. The summed E-state index contributed by atoms with van der Waals surface area (Å²) in [6.07, 6.45) is 8.02. The van der Waals surface area contributed by atoms with Gasteiger partial charge in [0.15, 0.2) is 0 Å². The van der Waals surface area contributed by atoms with E-state index >= 15 is 0 Å². The van der Waals surface area contributed by atoms with E-state index in [1.54, 1.807) is 51.1 Å². The van der Waals surface area contributed by atoms with Gasteiger partial charge in [-0.2, -0.15) is 0 Å². The number of rotatable bonds is 10. The quantitative estimate of drug-likeness (QED) is 0.105. The summed E-state index contributed by atoms with van der Waals surface area (Å²) < 4.78 is 6.02. The summed E-state index contributed by atoms with van der Waals surface area (Å²) in [6.45, 7) is 13.2. The van der Waals surface area contributed by atoms with Gasteiger partial charge in [-0.1, -0.05) is 69.4 Å². The Balaban J connectivity index is 2.08. The molecule has 14 nitrogen and oxygen atoms in total. The van der Waals surface area contributed by atoms with Gasteiger partial charge in [-0.15, -0.1) is 6.58 Å². The third-order valence-electron chi connectivity index (χ3n) is 9.88. The summed E-state index contributed by atoms with van der Waals surface area (Å²) in [4.78, 5) is 67.8. The van der Waals surface area contributed by atoms with Gasteiger partial charge in [0.05, 0.1) is 18.1 Å². The molecular formula is C41H59N5O9. The maximum absolute atomic E-state index is 14.3. The molecule has 1 saturated heterocycles. The summed E-state index contributed by atoms with van der Waals surface area (Å²) in [5.74, 6) is -5.43. The van der Waals surface area contributed by atoms with Crippen LogP contribution in [0.25, 0.3) is 0 Å². The number of carbonyl (C=O) groups is 5. The van der Waals surface area contributed by atoms with E-state index in [1.165, 1.54) is 36.2 Å². The van der Waals surface area contributed by atoms with Crippen molar-refractivity contribution in [3.8, 4) is 5.75 Å². The van der Waals surface area contributed by atoms with Crippen molar-refractivity contribution in [2.75, 3.05) is 19.6 Å². The topological polar surface area (TPSA) is 207 Å². The highest BCUT2D eigenvalue weighted by molar-refractivity contribution is 5.93. The molecule has 0 spiro atoms. The number of aliphatic hydroxyl groups is 2. The van der Waals surface area contributed by atoms with E-state index in [0.29, 0.717) is 32.4 Å². The van der Waals surface area contributed by atoms with Crippen LogP contribution in [0.5, 0.6) is 5.75 Å². The third kappa shape index (κ3) is 13.6. The summed E-state index contributed by atoms with van der Waals surface area (Å²) in [7, 11) is 0. The van der Waals surface area contributed by atoms with Crippen LogP contribution in [0.2, 0.25) is 0 Å². The number of hydrogen-bond donors (Lipinski definition) is 7. The number of Topliss-reactive ketones (excluding diaryl/α,β-unsaturated/α-hetero) is 1. The number of aromatic hydroxyl groups is 1. The van der Waals surface area contributed by atoms with Gasteiger partial charge in [0.25, 0.3) is 5.91 Å². The average Bonchev–Trinajstić information content (AvgIpc) is 3.15. The van der Waals surface area contributed by atoms with E-state index in [-0.39, 0.29) is 36.5 Å². The fourth-order valence-corrected chi connectivity index (χ4v) is 6.41. The molecule has 14 heteroatoms. The largest absolute Gasteiger partial charge is 0.508 e. The van der Waals surface area contributed by atoms with Gasteiger partial charge < -0.3 is 40.8 Å². The van der Waals surface area contributed by atoms with E-state index in [1.807, 2.05) is 13.0 Å². The second-order valence-corrected chi connectivity index (χ2v) is 14.6. The van der Waals surface area contributed by atoms with Crippen LogP contribution in [0.15, 0.2) is 72.9 Å². The number of cyclic esters (lactones) is 1. The van der Waals surface area contributed by atoms with E-state index in [9.17, 15) is 39.3 Å². The zero-order chi connectivity index (χ0) is 40.7. The lowest BCUT2D eigenvalue weighted by molar-refractivity contribution is -0.156. The molecule has 0 saturated carbocycles. The molecule has 2 heterocycles. The molecule has 0 aromatic heterocycles. The Hall–Kier alpha value is -4.63. The van der Waals surface area contributed by atoms with Crippen molar-refractivity contribution in [1.29, 1.82) is 0 Å². The minimum atomic E-state index is -1.40. The number of phenols is 1. The van der Waals surface area contributed by atoms with Gasteiger partial charge in [-0.25, -0.2) is 5.43 Å². The van der Waals surface area contributed by atoms with Gasteiger partial charge in [0, 0.05) is 38.4 Å². The number of benzene rings is 1. The first-order valence-corrected chi connectivity index (χ1v) is 19.0. The maximum Gasteiger partial charge on any atom is 0.325 e. The van der Waals surface area contributed by atoms with Gasteiger partial charge in [0.1, 0.15) is 35.8 Å². The van der Waals surface area contributed by atoms with Crippen LogP contribution in [0.3, 0.4) is 0 Å². The molecule has 8 atom stereocenters. The highest BCUT2D eigenvalue weighted by Gasteiger charge is 2.39. The standard InChI is InChI=1S/C41H59N5O9/c1-7-21-42-22-20-26(4)34-17-10-8-9-16-33(49)28(6)37(50)31(19-18-27(5)47)38(51)43-35(25(2)3)39(52)44-36(29-13-11-14-30(48)24-29)40(53)46-23-12-15-32(45-46)41(54)55-34/h7-11,13-14,16,20,24-25,28,31-37,42,45,48-50H,1,12,15,17-19,21-23H2,2-6H3,(H,43,51)(H,44,52)/b10-8+,16-9+,26-20+/t28-,31+,32?,33-,34-,35-,36?,37+/m0/s1. The monoisotopic (exact) mass is 765 g/mol. The number of ketones is 1. The number of phenolic OH excluding ortho intramolecular Hbond substituents is 1. The summed E-state index contributed by atoms with van der Waals surface area (Å²) in [5, 5.41) is 42.7. The third-order valence-corrected chi connectivity index (χ3v) is 9.88. The predicted molar refractivity (Wildman–Crippen MR) is 208 cm³/mol. The van der Waals surface area contributed by atoms with Crippen molar-refractivity contribution in [2.24, 2.45) is 17.8 Å². The fraction of sp³-hybridized carbons (Fsp3) is 0.537. The number of allylic oxidation sites excluding steroid dienone is 2. The van der Waals surface area contributed by atoms with E-state index in [2.05, 4.69) is 28.0 Å². The second kappa shape index (κ2) is 22.1. The molecule has 55 heavy (non-hydrogen) atoms. The van der Waals surface area contributed by atoms with E-state index in [4.69, 9.17) is 4.74 Å². The molecular weight excluding hydrogens is 706 g/mol. The van der Waals surface area contributed by atoms with Crippen molar-refractivity contribution >= 4 is 29.5 Å². The maximum atomic E-state index is 14.3. The normalized spacial score (nSPS) is 29.2. The first kappa shape index (κ1) is 44.8. The first-order valence-electron chi connectivity index (χ1n) is 19.0. The van der Waals surface area contributed by atoms with Crippen LogP contribution in [-0.2, 0) is 28.7 Å². The number of fused-ring (bicyclic) bond motifs is 2. The van der Waals surface area contributed by atoms with Crippen molar-refractivity contribution < 1.29 is 44.0 Å². The molecule has 0 radical (unpaired) electrons. The SMILES string of the molecule is C=CCNC/C=C(\C)[C@@H]1C/C=C/C=C/[C@H](O)[C@H](C)[C@@H](O)[C@@H](CCC(C)=O)C(=O)N[C@@H](C(C)C)C(=O)NC(c2cccc(O)c2)C(=O)N2CCCC(N2)C(=O)O1. The number of hydrogen-bond acceptors (Lipinski definition) is 11. The Morgan fingerprint density at radius 1 is 1.09 bits per heavy atom. The smallest absolute Gasteiger partial charge is 0.325 e. The summed E-state index contributed by atoms with van der Waals surface area (Å²) in [5.41, 5.74) is 4.04. The zero-order valence-electron chi connectivity index (χ0n) is 32.6. The molecule has 3 amide bonds. The number of hydrazine groups is 1. The van der Waals surface area contributed by atoms with Gasteiger partial charge >= 0.3 is 5.97 Å². The van der Waals surface area contributed by atoms with Crippen LogP contribution < -0.4 is 21.4 Å². The number of aliphatic hydroxyl groups excluding tert-OH is 2. The molecule has 2 unspecified atom stereocenters. The Bertz CT molecular complexity index is 1590. The Morgan fingerprint density at radius 2 is 1.84 bits per heavy atom. The van der Waals surface area contributed by atoms with Crippen molar-refractivity contribution in [2.45, 2.75) is 103 Å². The number of carbonyl (C=O) groups excluding carboxylic acids is 5. The lowest BCUT2D eigenvalue weighted by atomic mass is 9.84. The second-order valence-electron chi connectivity index (χ2n) is 14.6. The van der Waals surface area contributed by atoms with Crippen LogP contribution >= 0.6 is 0 Å². The molecule has 1 fully saturated rings. The number of esters is 1. The molecule has 3 rings (SSSR count). The number of nitrogens with one attached hydrogen (secondary N) is 4. The van der Waals surface area contributed by atoms with Crippen LogP contribution in [0.4, 0.5) is 0 Å². The summed E-state index contributed by atoms with van der Waals surface area (Å²) >= 11 is 0. The minimum absolute atomic E-state index is 0.0170.